The lowest BCUT2D eigenvalue weighted by Gasteiger charge is -2.41. The lowest BCUT2D eigenvalue weighted by atomic mass is 9.77. The molecule has 5 heteroatoms. The van der Waals surface area contributed by atoms with Crippen LogP contribution in [-0.4, -0.2) is 54.5 Å². The molecule has 1 aromatic rings. The molecule has 0 bridgehead atoms. The molecular weight excluding hydrogens is 316 g/mol. The zero-order valence-corrected chi connectivity index (χ0v) is 15.2. The third-order valence-corrected chi connectivity index (χ3v) is 5.64. The van der Waals surface area contributed by atoms with Crippen molar-refractivity contribution < 1.29 is 14.3 Å². The number of hydrogen-bond acceptors (Lipinski definition) is 4. The normalized spacial score (nSPS) is 21.5. The van der Waals surface area contributed by atoms with E-state index in [2.05, 4.69) is 4.90 Å². The summed E-state index contributed by atoms with van der Waals surface area (Å²) in [5, 5.41) is 0. The molecule has 1 aromatic carbocycles. The first-order valence-corrected chi connectivity index (χ1v) is 9.32. The number of hydrogen-bond donors (Lipinski definition) is 0. The van der Waals surface area contributed by atoms with Gasteiger partial charge in [0.25, 0.3) is 0 Å². The molecule has 1 unspecified atom stereocenters. The van der Waals surface area contributed by atoms with Gasteiger partial charge in [0, 0.05) is 19.5 Å². The van der Waals surface area contributed by atoms with Crippen LogP contribution in [0, 0.1) is 5.41 Å². The molecule has 1 amide bonds. The second-order valence-corrected chi connectivity index (χ2v) is 7.19. The van der Waals surface area contributed by atoms with Gasteiger partial charge in [-0.05, 0) is 50.8 Å². The molecule has 1 atom stereocenters. The molecule has 136 valence electrons. The fourth-order valence-electron chi connectivity index (χ4n) is 4.21. The van der Waals surface area contributed by atoms with Crippen LogP contribution in [0.2, 0.25) is 0 Å². The summed E-state index contributed by atoms with van der Waals surface area (Å²) in [5.74, 6) is 0.100. The Morgan fingerprint density at radius 3 is 2.44 bits per heavy atom. The lowest BCUT2D eigenvalue weighted by molar-refractivity contribution is -0.151. The van der Waals surface area contributed by atoms with Gasteiger partial charge in [0.05, 0.1) is 6.61 Å². The first kappa shape index (κ1) is 17.9. The van der Waals surface area contributed by atoms with Crippen LogP contribution in [-0.2, 0) is 14.3 Å². The van der Waals surface area contributed by atoms with E-state index in [4.69, 9.17) is 4.74 Å². The maximum atomic E-state index is 12.6. The number of esters is 1. The predicted molar refractivity (Wildman–Crippen MR) is 95.9 cm³/mol. The quantitative estimate of drug-likeness (QED) is 0.771. The molecule has 3 rings (SSSR count). The number of ether oxygens (including phenoxy) is 1. The Kier molecular flexibility index (Phi) is 5.42. The number of piperidine rings is 1. The summed E-state index contributed by atoms with van der Waals surface area (Å²) in [6.45, 7) is 7.57. The number of carbonyl (C=O) groups is 2. The number of amides is 1. The van der Waals surface area contributed by atoms with Crippen molar-refractivity contribution in [2.75, 3.05) is 32.8 Å². The van der Waals surface area contributed by atoms with Gasteiger partial charge in [-0.1, -0.05) is 30.3 Å². The largest absolute Gasteiger partial charge is 0.465 e. The van der Waals surface area contributed by atoms with Gasteiger partial charge in [-0.25, -0.2) is 4.79 Å². The third kappa shape index (κ3) is 3.71. The van der Waals surface area contributed by atoms with Crippen LogP contribution in [0.15, 0.2) is 30.3 Å². The molecule has 0 saturated carbocycles. The summed E-state index contributed by atoms with van der Waals surface area (Å²) in [6, 6.07) is 9.51. The Hall–Kier alpha value is -1.88. The van der Waals surface area contributed by atoms with Gasteiger partial charge in [0.1, 0.15) is 6.04 Å². The van der Waals surface area contributed by atoms with E-state index in [9.17, 15) is 9.59 Å². The van der Waals surface area contributed by atoms with Crippen LogP contribution < -0.4 is 0 Å². The van der Waals surface area contributed by atoms with Crippen molar-refractivity contribution >= 4 is 11.9 Å². The molecule has 2 fully saturated rings. The van der Waals surface area contributed by atoms with Crippen molar-refractivity contribution in [1.29, 1.82) is 0 Å². The predicted octanol–water partition coefficient (Wildman–Crippen LogP) is 2.63. The van der Waals surface area contributed by atoms with Crippen LogP contribution in [0.5, 0.6) is 0 Å². The smallest absolute Gasteiger partial charge is 0.327 e. The molecule has 0 aliphatic carbocycles. The maximum absolute atomic E-state index is 12.6. The fraction of sp³-hybridized carbons (Fsp3) is 0.600. The minimum atomic E-state index is -0.349. The number of rotatable bonds is 5. The second-order valence-electron chi connectivity index (χ2n) is 7.19. The summed E-state index contributed by atoms with van der Waals surface area (Å²) in [5.41, 5.74) is 1.08. The highest BCUT2D eigenvalue weighted by Gasteiger charge is 2.45. The molecule has 5 nitrogen and oxygen atoms in total. The van der Waals surface area contributed by atoms with Gasteiger partial charge in [-0.2, -0.15) is 0 Å². The third-order valence-electron chi connectivity index (χ3n) is 5.64. The monoisotopic (exact) mass is 344 g/mol. The van der Waals surface area contributed by atoms with E-state index in [0.29, 0.717) is 13.0 Å². The lowest BCUT2D eigenvalue weighted by Crippen LogP contribution is -2.45. The summed E-state index contributed by atoms with van der Waals surface area (Å²) in [6.07, 6.45) is 2.57. The van der Waals surface area contributed by atoms with E-state index in [1.165, 1.54) is 0 Å². The van der Waals surface area contributed by atoms with Crippen LogP contribution >= 0.6 is 0 Å². The first-order chi connectivity index (χ1) is 12.1. The van der Waals surface area contributed by atoms with Crippen molar-refractivity contribution in [3.63, 3.8) is 0 Å². The van der Waals surface area contributed by atoms with Gasteiger partial charge in [-0.3, -0.25) is 9.69 Å². The average Bonchev–Trinajstić information content (AvgIpc) is 2.93. The van der Waals surface area contributed by atoms with Crippen LogP contribution in [0.4, 0.5) is 0 Å². The van der Waals surface area contributed by atoms with Gasteiger partial charge in [-0.15, -0.1) is 0 Å². The molecule has 0 radical (unpaired) electrons. The van der Waals surface area contributed by atoms with Crippen LogP contribution in [0.3, 0.4) is 0 Å². The molecule has 25 heavy (non-hydrogen) atoms. The standard InChI is InChI=1S/C20H28N2O3/c1-3-21-15-20(14-17(21)23)10-12-22(13-11-20)18(19(24)25-4-2)16-8-6-5-7-9-16/h5-9,18H,3-4,10-15H2,1-2H3. The zero-order valence-electron chi connectivity index (χ0n) is 15.2. The molecule has 0 N–H and O–H groups in total. The number of carbonyl (C=O) groups excluding carboxylic acids is 2. The van der Waals surface area contributed by atoms with Crippen LogP contribution in [0.1, 0.15) is 44.7 Å². The summed E-state index contributed by atoms with van der Waals surface area (Å²) >= 11 is 0. The molecule has 0 aromatic heterocycles. The zero-order chi connectivity index (χ0) is 17.9. The number of nitrogens with zero attached hydrogens (tertiary/aromatic N) is 2. The first-order valence-electron chi connectivity index (χ1n) is 9.32. The van der Waals surface area contributed by atoms with Gasteiger partial charge in [0.2, 0.25) is 5.91 Å². The summed E-state index contributed by atoms with van der Waals surface area (Å²) in [7, 11) is 0. The van der Waals surface area contributed by atoms with Crippen molar-refractivity contribution in [3.8, 4) is 0 Å². The van der Waals surface area contributed by atoms with E-state index in [-0.39, 0.29) is 23.3 Å². The Balaban J connectivity index is 1.72. The highest BCUT2D eigenvalue weighted by Crippen LogP contribution is 2.42. The molecule has 2 heterocycles. The summed E-state index contributed by atoms with van der Waals surface area (Å²) in [4.78, 5) is 28.9. The maximum Gasteiger partial charge on any atom is 0.327 e. The molecule has 1 spiro atoms. The molecule has 2 saturated heterocycles. The highest BCUT2D eigenvalue weighted by molar-refractivity contribution is 5.79. The fourth-order valence-corrected chi connectivity index (χ4v) is 4.21. The van der Waals surface area contributed by atoms with E-state index in [1.54, 1.807) is 0 Å². The molecular formula is C20H28N2O3. The number of benzene rings is 1. The summed E-state index contributed by atoms with van der Waals surface area (Å²) < 4.78 is 5.34. The van der Waals surface area contributed by atoms with Crippen LogP contribution in [0.25, 0.3) is 0 Å². The number of likely N-dealkylation sites (tertiary alicyclic amines) is 2. The van der Waals surface area contributed by atoms with E-state index < -0.39 is 0 Å². The Morgan fingerprint density at radius 1 is 1.20 bits per heavy atom. The van der Waals surface area contributed by atoms with E-state index in [1.807, 2.05) is 49.1 Å². The molecule has 2 aliphatic heterocycles. The van der Waals surface area contributed by atoms with E-state index in [0.717, 1.165) is 44.6 Å². The van der Waals surface area contributed by atoms with Crippen molar-refractivity contribution in [3.05, 3.63) is 35.9 Å². The van der Waals surface area contributed by atoms with Crippen molar-refractivity contribution in [2.24, 2.45) is 5.41 Å². The highest BCUT2D eigenvalue weighted by atomic mass is 16.5. The topological polar surface area (TPSA) is 49.9 Å². The van der Waals surface area contributed by atoms with Crippen molar-refractivity contribution in [1.82, 2.24) is 9.80 Å². The minimum Gasteiger partial charge on any atom is -0.465 e. The molecule has 2 aliphatic rings. The Morgan fingerprint density at radius 2 is 1.88 bits per heavy atom. The van der Waals surface area contributed by atoms with E-state index >= 15 is 0 Å². The average molecular weight is 344 g/mol. The minimum absolute atomic E-state index is 0.0967. The van der Waals surface area contributed by atoms with Gasteiger partial charge < -0.3 is 9.64 Å². The Labute approximate surface area is 149 Å². The van der Waals surface area contributed by atoms with Crippen molar-refractivity contribution in [2.45, 2.75) is 39.2 Å². The Bertz CT molecular complexity index is 609. The van der Waals surface area contributed by atoms with Gasteiger partial charge >= 0.3 is 5.97 Å². The van der Waals surface area contributed by atoms with Gasteiger partial charge in [0.15, 0.2) is 0 Å². The SMILES string of the molecule is CCOC(=O)C(c1ccccc1)N1CCC2(CC1)CC(=O)N(CC)C2. The second kappa shape index (κ2) is 7.56.